The maximum absolute atomic E-state index is 11.9. The molecule has 0 aromatic heterocycles. The van der Waals surface area contributed by atoms with Crippen molar-refractivity contribution in [2.45, 2.75) is 52.6 Å². The first kappa shape index (κ1) is 12.5. The van der Waals surface area contributed by atoms with Crippen LogP contribution in [0.15, 0.2) is 0 Å². The van der Waals surface area contributed by atoms with Gasteiger partial charge in [-0.15, -0.1) is 0 Å². The first-order chi connectivity index (χ1) is 6.82. The van der Waals surface area contributed by atoms with Gasteiger partial charge in [0.1, 0.15) is 0 Å². The van der Waals surface area contributed by atoms with Gasteiger partial charge in [-0.05, 0) is 33.1 Å². The maximum atomic E-state index is 11.9. The normalized spacial score (nSPS) is 26.1. The molecule has 0 radical (unpaired) electrons. The zero-order valence-electron chi connectivity index (χ0n) is 10.6. The number of hydrogen-bond acceptors (Lipinski definition) is 2. The Labute approximate surface area is 93.2 Å². The van der Waals surface area contributed by atoms with Crippen molar-refractivity contribution in [3.8, 4) is 0 Å². The van der Waals surface area contributed by atoms with Crippen molar-refractivity contribution in [1.29, 1.82) is 0 Å². The molecule has 3 heteroatoms. The van der Waals surface area contributed by atoms with E-state index in [0.717, 1.165) is 19.5 Å². The van der Waals surface area contributed by atoms with E-state index in [4.69, 9.17) is 0 Å². The largest absolute Gasteiger partial charge is 0.340 e. The quantitative estimate of drug-likeness (QED) is 0.771. The van der Waals surface area contributed by atoms with Gasteiger partial charge in [-0.3, -0.25) is 10.1 Å². The summed E-state index contributed by atoms with van der Waals surface area (Å²) in [5.74, 6) is 0.904. The van der Waals surface area contributed by atoms with Gasteiger partial charge in [-0.1, -0.05) is 13.8 Å². The Kier molecular flexibility index (Phi) is 3.77. The molecule has 0 aromatic carbocycles. The van der Waals surface area contributed by atoms with E-state index in [1.54, 1.807) is 0 Å². The van der Waals surface area contributed by atoms with E-state index in [9.17, 15) is 4.79 Å². The Bertz CT molecular complexity index is 236. The van der Waals surface area contributed by atoms with Gasteiger partial charge >= 0.3 is 0 Å². The van der Waals surface area contributed by atoms with Gasteiger partial charge < -0.3 is 4.90 Å². The van der Waals surface area contributed by atoms with Crippen molar-refractivity contribution >= 4 is 5.91 Å². The zero-order valence-corrected chi connectivity index (χ0v) is 10.6. The average molecular weight is 212 g/mol. The standard InChI is InChI=1S/C12H24N2O/c1-9(2)6-7-14-8-12(4,5)13-10(3)11(14)15/h9-10,13H,6-8H2,1-5H3. The third-order valence-electron chi connectivity index (χ3n) is 2.85. The summed E-state index contributed by atoms with van der Waals surface area (Å²) < 4.78 is 0. The number of nitrogens with one attached hydrogen (secondary N) is 1. The Morgan fingerprint density at radius 1 is 1.53 bits per heavy atom. The molecule has 1 rings (SSSR count). The molecule has 88 valence electrons. The van der Waals surface area contributed by atoms with Crippen LogP contribution in [0.25, 0.3) is 0 Å². The molecular weight excluding hydrogens is 188 g/mol. The molecule has 1 atom stereocenters. The fourth-order valence-corrected chi connectivity index (χ4v) is 2.13. The lowest BCUT2D eigenvalue weighted by atomic mass is 9.98. The number of hydrogen-bond donors (Lipinski definition) is 1. The summed E-state index contributed by atoms with van der Waals surface area (Å²) in [6, 6.07) is -0.0408. The van der Waals surface area contributed by atoms with Crippen LogP contribution in [0.5, 0.6) is 0 Å². The molecular formula is C12H24N2O. The fraction of sp³-hybridized carbons (Fsp3) is 0.917. The Balaban J connectivity index is 2.57. The van der Waals surface area contributed by atoms with E-state index in [1.807, 2.05) is 11.8 Å². The third-order valence-corrected chi connectivity index (χ3v) is 2.85. The van der Waals surface area contributed by atoms with E-state index in [-0.39, 0.29) is 17.5 Å². The highest BCUT2D eigenvalue weighted by Gasteiger charge is 2.35. The molecule has 0 aromatic rings. The molecule has 1 amide bonds. The van der Waals surface area contributed by atoms with Crippen molar-refractivity contribution < 1.29 is 4.79 Å². The number of carbonyl (C=O) groups is 1. The molecule has 3 nitrogen and oxygen atoms in total. The van der Waals surface area contributed by atoms with Crippen LogP contribution in [0.1, 0.15) is 41.0 Å². The van der Waals surface area contributed by atoms with Gasteiger partial charge in [0.05, 0.1) is 6.04 Å². The predicted molar refractivity (Wildman–Crippen MR) is 62.7 cm³/mol. The summed E-state index contributed by atoms with van der Waals surface area (Å²) >= 11 is 0. The van der Waals surface area contributed by atoms with Crippen LogP contribution in [0.3, 0.4) is 0 Å². The third kappa shape index (κ3) is 3.49. The van der Waals surface area contributed by atoms with Crippen LogP contribution >= 0.6 is 0 Å². The molecule has 0 bridgehead atoms. The van der Waals surface area contributed by atoms with E-state index < -0.39 is 0 Å². The number of carbonyl (C=O) groups excluding carboxylic acids is 1. The molecule has 1 aliphatic heterocycles. The van der Waals surface area contributed by atoms with Gasteiger partial charge in [0.15, 0.2) is 0 Å². The molecule has 1 N–H and O–H groups in total. The topological polar surface area (TPSA) is 32.3 Å². The summed E-state index contributed by atoms with van der Waals surface area (Å²) in [6.07, 6.45) is 1.09. The molecule has 0 saturated carbocycles. The lowest BCUT2D eigenvalue weighted by Crippen LogP contribution is -2.64. The molecule has 0 aliphatic carbocycles. The summed E-state index contributed by atoms with van der Waals surface area (Å²) in [4.78, 5) is 13.9. The van der Waals surface area contributed by atoms with Gasteiger partial charge in [0, 0.05) is 18.6 Å². The molecule has 15 heavy (non-hydrogen) atoms. The van der Waals surface area contributed by atoms with Crippen molar-refractivity contribution in [3.05, 3.63) is 0 Å². The maximum Gasteiger partial charge on any atom is 0.239 e. The van der Waals surface area contributed by atoms with Crippen LogP contribution in [0.2, 0.25) is 0 Å². The second-order valence-electron chi connectivity index (χ2n) is 5.69. The van der Waals surface area contributed by atoms with E-state index >= 15 is 0 Å². The monoisotopic (exact) mass is 212 g/mol. The molecule has 1 saturated heterocycles. The second kappa shape index (κ2) is 4.52. The number of amides is 1. The molecule has 0 spiro atoms. The van der Waals surface area contributed by atoms with Crippen LogP contribution < -0.4 is 5.32 Å². The highest BCUT2D eigenvalue weighted by molar-refractivity contribution is 5.82. The summed E-state index contributed by atoms with van der Waals surface area (Å²) in [5, 5.41) is 3.33. The van der Waals surface area contributed by atoms with Crippen LogP contribution in [0, 0.1) is 5.92 Å². The highest BCUT2D eigenvalue weighted by atomic mass is 16.2. The van der Waals surface area contributed by atoms with Crippen LogP contribution in [0.4, 0.5) is 0 Å². The Hall–Kier alpha value is -0.570. The van der Waals surface area contributed by atoms with Gasteiger partial charge in [0.2, 0.25) is 5.91 Å². The number of piperazine rings is 1. The van der Waals surface area contributed by atoms with Crippen LogP contribution in [-0.4, -0.2) is 35.5 Å². The SMILES string of the molecule is CC(C)CCN1CC(C)(C)NC(C)C1=O. The van der Waals surface area contributed by atoms with Gasteiger partial charge in [-0.2, -0.15) is 0 Å². The fourth-order valence-electron chi connectivity index (χ4n) is 2.13. The van der Waals surface area contributed by atoms with E-state index in [1.165, 1.54) is 0 Å². The van der Waals surface area contributed by atoms with Gasteiger partial charge in [-0.25, -0.2) is 0 Å². The predicted octanol–water partition coefficient (Wildman–Crippen LogP) is 1.63. The van der Waals surface area contributed by atoms with E-state index in [0.29, 0.717) is 5.92 Å². The molecule has 1 unspecified atom stereocenters. The molecule has 1 heterocycles. The lowest BCUT2D eigenvalue weighted by molar-refractivity contribution is -0.138. The first-order valence-corrected chi connectivity index (χ1v) is 5.88. The highest BCUT2D eigenvalue weighted by Crippen LogP contribution is 2.16. The second-order valence-corrected chi connectivity index (χ2v) is 5.69. The zero-order chi connectivity index (χ0) is 11.6. The Morgan fingerprint density at radius 3 is 2.67 bits per heavy atom. The summed E-state index contributed by atoms with van der Waals surface area (Å²) in [5.41, 5.74) is 0.0459. The van der Waals surface area contributed by atoms with Crippen molar-refractivity contribution in [3.63, 3.8) is 0 Å². The number of nitrogens with zero attached hydrogens (tertiary/aromatic N) is 1. The van der Waals surface area contributed by atoms with Gasteiger partial charge in [0.25, 0.3) is 0 Å². The smallest absolute Gasteiger partial charge is 0.239 e. The van der Waals surface area contributed by atoms with Crippen LogP contribution in [-0.2, 0) is 4.79 Å². The molecule has 1 fully saturated rings. The summed E-state index contributed by atoms with van der Waals surface area (Å²) in [6.45, 7) is 12.4. The van der Waals surface area contributed by atoms with Crippen molar-refractivity contribution in [2.24, 2.45) is 5.92 Å². The Morgan fingerprint density at radius 2 is 2.13 bits per heavy atom. The van der Waals surface area contributed by atoms with E-state index in [2.05, 4.69) is 33.0 Å². The minimum atomic E-state index is -0.0408. The lowest BCUT2D eigenvalue weighted by Gasteiger charge is -2.42. The minimum absolute atomic E-state index is 0.0408. The summed E-state index contributed by atoms with van der Waals surface area (Å²) in [7, 11) is 0. The number of rotatable bonds is 3. The average Bonchev–Trinajstić information content (AvgIpc) is 2.08. The molecule has 1 aliphatic rings. The first-order valence-electron chi connectivity index (χ1n) is 5.88. The minimum Gasteiger partial charge on any atom is -0.340 e. The van der Waals surface area contributed by atoms with Crippen molar-refractivity contribution in [2.75, 3.05) is 13.1 Å². The van der Waals surface area contributed by atoms with Crippen molar-refractivity contribution in [1.82, 2.24) is 10.2 Å².